The molecule has 0 N–H and O–H groups in total. The monoisotopic (exact) mass is 206 g/mol. The molecule has 0 atom stereocenters. The van der Waals surface area contributed by atoms with E-state index in [0.717, 1.165) is 0 Å². The standard InChI is InChI=1S/C10H2N6/c1-9(4-13,5-14)10(6-15,7-16)8(2-11)3-12/h1H2. The van der Waals surface area contributed by atoms with E-state index < -0.39 is 16.7 Å². The average molecular weight is 206 g/mol. The second kappa shape index (κ2) is 4.44. The molecule has 0 bridgehead atoms. The highest BCUT2D eigenvalue weighted by molar-refractivity contribution is 5.52. The Hall–Kier alpha value is -3.06. The Morgan fingerprint density at radius 1 is 0.750 bits per heavy atom. The van der Waals surface area contributed by atoms with Crippen LogP contribution in [0.4, 0.5) is 0 Å². The second-order valence-corrected chi connectivity index (χ2v) is 2.70. The Labute approximate surface area is 92.4 Å². The maximum absolute atomic E-state index is 8.87. The van der Waals surface area contributed by atoms with Crippen LogP contribution in [0.15, 0.2) is 0 Å². The third kappa shape index (κ3) is 1.38. The zero-order chi connectivity index (χ0) is 12.8. The van der Waals surface area contributed by atoms with E-state index >= 15 is 0 Å². The highest BCUT2D eigenvalue weighted by Gasteiger charge is 2.58. The first-order chi connectivity index (χ1) is 7.51. The third-order valence-corrected chi connectivity index (χ3v) is 1.96. The fourth-order valence-corrected chi connectivity index (χ4v) is 0.926. The number of nitrogens with zero attached hydrogens (tertiary/aromatic N) is 6. The largest absolute Gasteiger partial charge is 0.212 e. The summed E-state index contributed by atoms with van der Waals surface area (Å²) in [5, 5.41) is 52.5. The molecule has 72 valence electrons. The van der Waals surface area contributed by atoms with E-state index in [-0.39, 0.29) is 0 Å². The molecule has 0 rings (SSSR count). The van der Waals surface area contributed by atoms with Gasteiger partial charge in [0.25, 0.3) is 0 Å². The van der Waals surface area contributed by atoms with E-state index in [1.165, 1.54) is 36.4 Å². The van der Waals surface area contributed by atoms with E-state index in [1.807, 2.05) is 0 Å². The molecule has 0 aliphatic carbocycles. The second-order valence-electron chi connectivity index (χ2n) is 2.70. The van der Waals surface area contributed by atoms with Crippen molar-refractivity contribution in [3.63, 3.8) is 0 Å². The summed E-state index contributed by atoms with van der Waals surface area (Å²) in [6.07, 6.45) is 0. The first-order valence-corrected chi connectivity index (χ1v) is 3.70. The Kier molecular flexibility index (Phi) is 3.59. The van der Waals surface area contributed by atoms with E-state index in [9.17, 15) is 0 Å². The third-order valence-electron chi connectivity index (χ3n) is 1.96. The highest BCUT2D eigenvalue weighted by atomic mass is 14.6. The molecule has 6 heteroatoms. The number of nitriles is 6. The Morgan fingerprint density at radius 2 is 1.12 bits per heavy atom. The van der Waals surface area contributed by atoms with Gasteiger partial charge in [-0.1, -0.05) is 0 Å². The SMILES string of the molecule is [CH2]C(C#N)(C#N)C(C#N)(C#N)[C](C#N)C#N. The van der Waals surface area contributed by atoms with Crippen molar-refractivity contribution >= 4 is 0 Å². The molecule has 0 spiro atoms. The summed E-state index contributed by atoms with van der Waals surface area (Å²) in [6, 6.07) is 8.15. The maximum Gasteiger partial charge on any atom is 0.212 e. The lowest BCUT2D eigenvalue weighted by Gasteiger charge is -2.26. The van der Waals surface area contributed by atoms with Crippen molar-refractivity contribution < 1.29 is 0 Å². The average Bonchev–Trinajstić information content (AvgIpc) is 2.35. The smallest absolute Gasteiger partial charge is 0.196 e. The van der Waals surface area contributed by atoms with Crippen molar-refractivity contribution in [3.8, 4) is 36.4 Å². The number of hydrogen-bond acceptors (Lipinski definition) is 6. The molecule has 0 aliphatic rings. The van der Waals surface area contributed by atoms with Gasteiger partial charge in [0.1, 0.15) is 0 Å². The summed E-state index contributed by atoms with van der Waals surface area (Å²) >= 11 is 0. The molecule has 0 fully saturated rings. The van der Waals surface area contributed by atoms with Crippen molar-refractivity contribution in [1.29, 1.82) is 31.6 Å². The minimum atomic E-state index is -2.47. The van der Waals surface area contributed by atoms with Crippen LogP contribution in [0, 0.1) is 91.7 Å². The van der Waals surface area contributed by atoms with Crippen molar-refractivity contribution in [2.45, 2.75) is 0 Å². The van der Waals surface area contributed by atoms with Crippen LogP contribution in [0.25, 0.3) is 0 Å². The molecule has 0 aliphatic heterocycles. The van der Waals surface area contributed by atoms with Crippen LogP contribution in [0.1, 0.15) is 0 Å². The normalized spacial score (nSPS) is 9.75. The van der Waals surface area contributed by atoms with Gasteiger partial charge in [-0.25, -0.2) is 0 Å². The number of rotatable bonds is 2. The van der Waals surface area contributed by atoms with E-state index in [1.54, 1.807) is 0 Å². The van der Waals surface area contributed by atoms with Crippen molar-refractivity contribution in [3.05, 3.63) is 12.8 Å². The Morgan fingerprint density at radius 3 is 1.31 bits per heavy atom. The van der Waals surface area contributed by atoms with Crippen LogP contribution in [0.2, 0.25) is 0 Å². The molecule has 0 unspecified atom stereocenters. The zero-order valence-electron chi connectivity index (χ0n) is 7.89. The molecule has 0 heterocycles. The first-order valence-electron chi connectivity index (χ1n) is 3.70. The quantitative estimate of drug-likeness (QED) is 0.643. The Bertz CT molecular complexity index is 491. The van der Waals surface area contributed by atoms with Gasteiger partial charge in [0.05, 0.1) is 36.4 Å². The molecular formula is C10H2N6. The van der Waals surface area contributed by atoms with Gasteiger partial charge < -0.3 is 0 Å². The van der Waals surface area contributed by atoms with Gasteiger partial charge in [0.15, 0.2) is 5.41 Å². The van der Waals surface area contributed by atoms with Crippen molar-refractivity contribution in [2.24, 2.45) is 10.8 Å². The molecule has 0 aromatic heterocycles. The van der Waals surface area contributed by atoms with Crippen LogP contribution in [0.5, 0.6) is 0 Å². The maximum atomic E-state index is 8.87. The predicted octanol–water partition coefficient (Wildman–Crippen LogP) is 0.509. The van der Waals surface area contributed by atoms with Crippen molar-refractivity contribution in [1.82, 2.24) is 0 Å². The molecule has 0 aromatic carbocycles. The van der Waals surface area contributed by atoms with Crippen LogP contribution in [0.3, 0.4) is 0 Å². The van der Waals surface area contributed by atoms with Crippen LogP contribution in [-0.2, 0) is 0 Å². The van der Waals surface area contributed by atoms with Crippen LogP contribution < -0.4 is 0 Å². The summed E-state index contributed by atoms with van der Waals surface area (Å²) in [6.45, 7) is 3.15. The summed E-state index contributed by atoms with van der Waals surface area (Å²) in [5.41, 5.74) is -4.79. The minimum absolute atomic E-state index is 0.824. The van der Waals surface area contributed by atoms with Crippen molar-refractivity contribution in [2.75, 3.05) is 0 Å². The molecule has 0 aromatic rings. The summed E-state index contributed by atoms with van der Waals surface area (Å²) in [4.78, 5) is 0. The lowest BCUT2D eigenvalue weighted by Crippen LogP contribution is -2.40. The van der Waals surface area contributed by atoms with Crippen LogP contribution >= 0.6 is 0 Å². The lowest BCUT2D eigenvalue weighted by molar-refractivity contribution is 0.411. The molecule has 2 radical (unpaired) electrons. The zero-order valence-corrected chi connectivity index (χ0v) is 7.89. The summed E-state index contributed by atoms with van der Waals surface area (Å²) in [7, 11) is 0. The fourth-order valence-electron chi connectivity index (χ4n) is 0.926. The van der Waals surface area contributed by atoms with E-state index in [0.29, 0.717) is 0 Å². The molecular weight excluding hydrogens is 204 g/mol. The van der Waals surface area contributed by atoms with Crippen LogP contribution in [-0.4, -0.2) is 0 Å². The summed E-state index contributed by atoms with van der Waals surface area (Å²) in [5.74, 6) is -0.824. The fraction of sp³-hybridized carbons (Fsp3) is 0.200. The van der Waals surface area contributed by atoms with Gasteiger partial charge >= 0.3 is 0 Å². The first kappa shape index (κ1) is 12.9. The van der Waals surface area contributed by atoms with Gasteiger partial charge in [-0.3, -0.25) is 0 Å². The highest BCUT2D eigenvalue weighted by Crippen LogP contribution is 2.44. The van der Waals surface area contributed by atoms with E-state index in [2.05, 4.69) is 6.92 Å². The summed E-state index contributed by atoms with van der Waals surface area (Å²) < 4.78 is 0. The van der Waals surface area contributed by atoms with E-state index in [4.69, 9.17) is 31.6 Å². The Balaban J connectivity index is 6.14. The van der Waals surface area contributed by atoms with Gasteiger partial charge in [-0.2, -0.15) is 31.6 Å². The lowest BCUT2D eigenvalue weighted by atomic mass is 9.61. The molecule has 0 saturated heterocycles. The molecule has 0 amide bonds. The van der Waals surface area contributed by atoms with Gasteiger partial charge in [0.2, 0.25) is 11.3 Å². The molecule has 16 heavy (non-hydrogen) atoms. The molecule has 6 nitrogen and oxygen atoms in total. The van der Waals surface area contributed by atoms with Gasteiger partial charge in [-0.15, -0.1) is 0 Å². The predicted molar refractivity (Wildman–Crippen MR) is 47.1 cm³/mol. The van der Waals surface area contributed by atoms with Gasteiger partial charge in [0, 0.05) is 0 Å². The minimum Gasteiger partial charge on any atom is -0.196 e. The number of hydrogen-bond donors (Lipinski definition) is 0. The molecule has 0 saturated carbocycles. The van der Waals surface area contributed by atoms with Gasteiger partial charge in [-0.05, 0) is 6.92 Å². The topological polar surface area (TPSA) is 143 Å².